The highest BCUT2D eigenvalue weighted by Gasteiger charge is 1.94. The molecule has 39 valence electrons. The van der Waals surface area contributed by atoms with Crippen molar-refractivity contribution in [2.45, 2.75) is 13.3 Å². The van der Waals surface area contributed by atoms with Gasteiger partial charge in [0.05, 0.1) is 0 Å². The maximum atomic E-state index is 3.11. The van der Waals surface area contributed by atoms with E-state index in [4.69, 9.17) is 0 Å². The van der Waals surface area contributed by atoms with Gasteiger partial charge >= 0.3 is 0 Å². The van der Waals surface area contributed by atoms with Crippen LogP contribution in [0.4, 0.5) is 0 Å². The Balaban J connectivity index is 2.40. The summed E-state index contributed by atoms with van der Waals surface area (Å²) in [6.07, 6.45) is 3.32. The van der Waals surface area contributed by atoms with Crippen LogP contribution in [-0.4, -0.2) is 6.54 Å². The van der Waals surface area contributed by atoms with E-state index in [0.29, 0.717) is 0 Å². The maximum absolute atomic E-state index is 3.11. The van der Waals surface area contributed by atoms with E-state index in [1.807, 2.05) is 0 Å². The van der Waals surface area contributed by atoms with Gasteiger partial charge in [-0.1, -0.05) is 11.6 Å². The molecule has 7 heavy (non-hydrogen) atoms. The van der Waals surface area contributed by atoms with Gasteiger partial charge in [0.1, 0.15) is 0 Å². The molecule has 0 aromatic heterocycles. The van der Waals surface area contributed by atoms with Gasteiger partial charge in [-0.05, 0) is 13.3 Å². The van der Waals surface area contributed by atoms with Crippen LogP contribution in [0.15, 0.2) is 11.6 Å². The quantitative estimate of drug-likeness (QED) is 0.445. The van der Waals surface area contributed by atoms with Crippen molar-refractivity contribution in [3.8, 4) is 0 Å². The third-order valence-electron chi connectivity index (χ3n) is 1.14. The van der Waals surface area contributed by atoms with Gasteiger partial charge in [0.15, 0.2) is 0 Å². The van der Waals surface area contributed by atoms with Crippen molar-refractivity contribution in [1.82, 2.24) is 5.32 Å². The van der Waals surface area contributed by atoms with E-state index in [1.165, 1.54) is 5.57 Å². The Morgan fingerprint density at radius 2 is 2.57 bits per heavy atom. The third kappa shape index (κ3) is 1.32. The van der Waals surface area contributed by atoms with Crippen molar-refractivity contribution in [3.63, 3.8) is 0 Å². The first-order valence-corrected chi connectivity index (χ1v) is 2.60. The van der Waals surface area contributed by atoms with Gasteiger partial charge < -0.3 is 5.32 Å². The molecule has 1 nitrogen and oxygen atoms in total. The van der Waals surface area contributed by atoms with Gasteiger partial charge in [-0.3, -0.25) is 0 Å². The third-order valence-corrected chi connectivity index (χ3v) is 1.14. The second-order valence-corrected chi connectivity index (χ2v) is 1.87. The molecule has 0 saturated heterocycles. The fourth-order valence-electron chi connectivity index (χ4n) is 0.633. The highest BCUT2D eigenvalue weighted by atomic mass is 14.8. The number of hydrogen-bond acceptors (Lipinski definition) is 1. The van der Waals surface area contributed by atoms with Crippen LogP contribution in [0.5, 0.6) is 0 Å². The monoisotopic (exact) mass is 96.1 g/mol. The van der Waals surface area contributed by atoms with Crippen LogP contribution in [0.1, 0.15) is 13.3 Å². The van der Waals surface area contributed by atoms with Crippen LogP contribution in [0.2, 0.25) is 0 Å². The first-order valence-electron chi connectivity index (χ1n) is 2.60. The van der Waals surface area contributed by atoms with Gasteiger partial charge in [0, 0.05) is 13.1 Å². The molecule has 0 atom stereocenters. The fourth-order valence-corrected chi connectivity index (χ4v) is 0.633. The van der Waals surface area contributed by atoms with Crippen LogP contribution in [0, 0.1) is 6.54 Å². The molecule has 1 heterocycles. The van der Waals surface area contributed by atoms with E-state index in [0.717, 1.165) is 13.0 Å². The van der Waals surface area contributed by atoms with E-state index >= 15 is 0 Å². The smallest absolute Gasteiger partial charge is 0.0264 e. The van der Waals surface area contributed by atoms with Crippen molar-refractivity contribution < 1.29 is 0 Å². The SMILES string of the molecule is CC1=CCN[CH]C1. The summed E-state index contributed by atoms with van der Waals surface area (Å²) in [5.74, 6) is 0. The van der Waals surface area contributed by atoms with Crippen molar-refractivity contribution in [1.29, 1.82) is 0 Å². The van der Waals surface area contributed by atoms with Crippen LogP contribution >= 0.6 is 0 Å². The summed E-state index contributed by atoms with van der Waals surface area (Å²) in [5.41, 5.74) is 1.47. The minimum absolute atomic E-state index is 1.02. The van der Waals surface area contributed by atoms with Crippen molar-refractivity contribution in [2.24, 2.45) is 0 Å². The van der Waals surface area contributed by atoms with E-state index in [2.05, 4.69) is 24.9 Å². The van der Waals surface area contributed by atoms with Gasteiger partial charge in [-0.2, -0.15) is 0 Å². The van der Waals surface area contributed by atoms with E-state index in [9.17, 15) is 0 Å². The molecular formula is C6H10N. The van der Waals surface area contributed by atoms with E-state index < -0.39 is 0 Å². The Bertz CT molecular complexity index is 84.2. The normalized spacial score (nSPS) is 21.6. The number of hydrogen-bond donors (Lipinski definition) is 1. The van der Waals surface area contributed by atoms with Gasteiger partial charge in [0.25, 0.3) is 0 Å². The Labute approximate surface area is 44.4 Å². The molecule has 0 saturated carbocycles. The predicted molar refractivity (Wildman–Crippen MR) is 30.7 cm³/mol. The molecule has 1 aliphatic rings. The van der Waals surface area contributed by atoms with Gasteiger partial charge in [-0.25, -0.2) is 0 Å². The number of nitrogens with one attached hydrogen (secondary N) is 1. The zero-order valence-corrected chi connectivity index (χ0v) is 4.57. The van der Waals surface area contributed by atoms with Crippen LogP contribution in [0.3, 0.4) is 0 Å². The highest BCUT2D eigenvalue weighted by molar-refractivity contribution is 5.06. The second-order valence-electron chi connectivity index (χ2n) is 1.87. The average Bonchev–Trinajstić information content (AvgIpc) is 1.69. The van der Waals surface area contributed by atoms with Crippen LogP contribution in [0.25, 0.3) is 0 Å². The lowest BCUT2D eigenvalue weighted by Crippen LogP contribution is -2.14. The highest BCUT2D eigenvalue weighted by Crippen LogP contribution is 2.03. The van der Waals surface area contributed by atoms with Crippen molar-refractivity contribution in [2.75, 3.05) is 6.54 Å². The summed E-state index contributed by atoms with van der Waals surface area (Å²) in [7, 11) is 0. The summed E-state index contributed by atoms with van der Waals surface area (Å²) in [5, 5.41) is 3.11. The van der Waals surface area contributed by atoms with Crippen molar-refractivity contribution >= 4 is 0 Å². The molecule has 1 radical (unpaired) electrons. The Hall–Kier alpha value is -0.300. The Kier molecular flexibility index (Phi) is 1.47. The molecule has 0 bridgehead atoms. The largest absolute Gasteiger partial charge is 0.309 e. The minimum atomic E-state index is 1.02. The van der Waals surface area contributed by atoms with E-state index in [-0.39, 0.29) is 0 Å². The first-order chi connectivity index (χ1) is 3.39. The Morgan fingerprint density at radius 1 is 1.71 bits per heavy atom. The molecule has 0 aliphatic carbocycles. The molecule has 0 aromatic carbocycles. The lowest BCUT2D eigenvalue weighted by molar-refractivity contribution is 0.800. The lowest BCUT2D eigenvalue weighted by Gasteiger charge is -2.07. The summed E-state index contributed by atoms with van der Waals surface area (Å²) in [6, 6.07) is 0. The zero-order chi connectivity index (χ0) is 5.11. The van der Waals surface area contributed by atoms with Crippen molar-refractivity contribution in [3.05, 3.63) is 18.2 Å². The summed E-state index contributed by atoms with van der Waals surface area (Å²) in [4.78, 5) is 0. The average molecular weight is 96.2 g/mol. The lowest BCUT2D eigenvalue weighted by atomic mass is 10.1. The topological polar surface area (TPSA) is 12.0 Å². The Morgan fingerprint density at radius 3 is 2.86 bits per heavy atom. The van der Waals surface area contributed by atoms with Crippen LogP contribution < -0.4 is 5.32 Å². The maximum Gasteiger partial charge on any atom is 0.0264 e. The second kappa shape index (κ2) is 2.12. The molecular weight excluding hydrogens is 86.1 g/mol. The van der Waals surface area contributed by atoms with E-state index in [1.54, 1.807) is 0 Å². The van der Waals surface area contributed by atoms with Gasteiger partial charge in [-0.15, -0.1) is 0 Å². The molecule has 0 unspecified atom stereocenters. The molecule has 1 rings (SSSR count). The standard InChI is InChI=1S/C6H10N/c1-6-2-4-7-5-3-6/h2,5,7H,3-4H2,1H3. The molecule has 0 amide bonds. The summed E-state index contributed by atoms with van der Waals surface area (Å²) < 4.78 is 0. The zero-order valence-electron chi connectivity index (χ0n) is 4.57. The number of rotatable bonds is 0. The summed E-state index contributed by atoms with van der Waals surface area (Å²) >= 11 is 0. The molecule has 1 N–H and O–H groups in total. The molecule has 0 spiro atoms. The molecule has 1 heteroatoms. The predicted octanol–water partition coefficient (Wildman–Crippen LogP) is 1.09. The fraction of sp³-hybridized carbons (Fsp3) is 0.500. The van der Waals surface area contributed by atoms with Gasteiger partial charge in [0.2, 0.25) is 0 Å². The molecule has 0 fully saturated rings. The minimum Gasteiger partial charge on any atom is -0.309 e. The summed E-state index contributed by atoms with van der Waals surface area (Å²) in [6.45, 7) is 5.26. The molecule has 0 aromatic rings. The molecule has 1 aliphatic heterocycles. The first kappa shape index (κ1) is 4.85. The van der Waals surface area contributed by atoms with Crippen LogP contribution in [-0.2, 0) is 0 Å².